The summed E-state index contributed by atoms with van der Waals surface area (Å²) >= 11 is 5.60. The van der Waals surface area contributed by atoms with Gasteiger partial charge in [0.2, 0.25) is 10.0 Å². The number of anilines is 1. The SMILES string of the molecule is CC(N)(O)c1ccc(N(Cl)S(C)(=O)=O)cc1. The third-order valence-corrected chi connectivity index (χ3v) is 3.69. The van der Waals surface area contributed by atoms with Gasteiger partial charge in [-0.1, -0.05) is 12.1 Å². The first kappa shape index (κ1) is 13.2. The molecule has 3 N–H and O–H groups in total. The molecule has 0 saturated carbocycles. The van der Waals surface area contributed by atoms with Gasteiger partial charge < -0.3 is 10.8 Å². The van der Waals surface area contributed by atoms with Crippen LogP contribution in [0.4, 0.5) is 5.69 Å². The van der Waals surface area contributed by atoms with Gasteiger partial charge in [-0.15, -0.1) is 0 Å². The van der Waals surface area contributed by atoms with Gasteiger partial charge in [-0.2, -0.15) is 3.82 Å². The second-order valence-electron chi connectivity index (χ2n) is 3.67. The lowest BCUT2D eigenvalue weighted by atomic mass is 10.1. The van der Waals surface area contributed by atoms with Crippen molar-refractivity contribution in [2.24, 2.45) is 5.73 Å². The zero-order valence-electron chi connectivity index (χ0n) is 8.88. The van der Waals surface area contributed by atoms with Gasteiger partial charge in [0.05, 0.1) is 11.9 Å². The largest absolute Gasteiger partial charge is 0.372 e. The van der Waals surface area contributed by atoms with E-state index < -0.39 is 15.7 Å². The average molecular weight is 265 g/mol. The van der Waals surface area contributed by atoms with Crippen LogP contribution in [0.25, 0.3) is 0 Å². The minimum absolute atomic E-state index is 0.289. The lowest BCUT2D eigenvalue weighted by Crippen LogP contribution is -2.32. The predicted octanol–water partition coefficient (Wildman–Crippen LogP) is 0.730. The third kappa shape index (κ3) is 3.08. The van der Waals surface area contributed by atoms with Crippen molar-refractivity contribution in [2.45, 2.75) is 12.6 Å². The van der Waals surface area contributed by atoms with Gasteiger partial charge >= 0.3 is 0 Å². The maximum absolute atomic E-state index is 11.1. The molecule has 0 saturated heterocycles. The first-order chi connectivity index (χ1) is 7.12. The van der Waals surface area contributed by atoms with Gasteiger partial charge in [-0.25, -0.2) is 8.42 Å². The topological polar surface area (TPSA) is 83.6 Å². The molecule has 1 aromatic rings. The quantitative estimate of drug-likeness (QED) is 0.623. The predicted molar refractivity (Wildman–Crippen MR) is 63.4 cm³/mol. The summed E-state index contributed by atoms with van der Waals surface area (Å²) in [6, 6.07) is 5.95. The highest BCUT2D eigenvalue weighted by molar-refractivity contribution is 7.93. The van der Waals surface area contributed by atoms with Crippen molar-refractivity contribution in [3.8, 4) is 0 Å². The zero-order chi connectivity index (χ0) is 12.6. The van der Waals surface area contributed by atoms with E-state index in [4.69, 9.17) is 17.5 Å². The van der Waals surface area contributed by atoms with E-state index >= 15 is 0 Å². The van der Waals surface area contributed by atoms with Gasteiger partial charge in [0.1, 0.15) is 5.72 Å². The van der Waals surface area contributed by atoms with Crippen LogP contribution in [0.15, 0.2) is 24.3 Å². The summed E-state index contributed by atoms with van der Waals surface area (Å²) in [6.07, 6.45) is 0.993. The number of halogens is 1. The normalized spacial score (nSPS) is 15.6. The maximum atomic E-state index is 11.1. The number of hydrogen-bond donors (Lipinski definition) is 2. The second kappa shape index (κ2) is 4.21. The molecule has 0 aliphatic carbocycles. The Balaban J connectivity index is 3.05. The molecule has 1 unspecified atom stereocenters. The molecule has 0 radical (unpaired) electrons. The van der Waals surface area contributed by atoms with Crippen molar-refractivity contribution >= 4 is 27.5 Å². The third-order valence-electron chi connectivity index (χ3n) is 1.95. The van der Waals surface area contributed by atoms with E-state index in [1.165, 1.54) is 31.2 Å². The average Bonchev–Trinajstić information content (AvgIpc) is 2.14. The van der Waals surface area contributed by atoms with Crippen molar-refractivity contribution in [1.29, 1.82) is 0 Å². The molecule has 0 amide bonds. The molecule has 90 valence electrons. The van der Waals surface area contributed by atoms with Crippen molar-refractivity contribution in [2.75, 3.05) is 10.1 Å². The fourth-order valence-corrected chi connectivity index (χ4v) is 1.72. The molecule has 0 fully saturated rings. The van der Waals surface area contributed by atoms with Crippen molar-refractivity contribution < 1.29 is 13.5 Å². The van der Waals surface area contributed by atoms with E-state index in [9.17, 15) is 13.5 Å². The molecule has 1 aromatic carbocycles. The fourth-order valence-electron chi connectivity index (χ4n) is 1.11. The van der Waals surface area contributed by atoms with Crippen molar-refractivity contribution in [3.63, 3.8) is 0 Å². The van der Waals surface area contributed by atoms with E-state index in [0.29, 0.717) is 9.39 Å². The standard InChI is InChI=1S/C9H13ClN2O3S/c1-9(11,13)7-3-5-8(6-4-7)12(10)16(2,14)15/h3-6,13H,11H2,1-2H3. The van der Waals surface area contributed by atoms with Crippen LogP contribution >= 0.6 is 11.8 Å². The van der Waals surface area contributed by atoms with Crippen LogP contribution in [0.1, 0.15) is 12.5 Å². The molecular formula is C9H13ClN2O3S. The summed E-state index contributed by atoms with van der Waals surface area (Å²) in [6.45, 7) is 1.43. The molecule has 5 nitrogen and oxygen atoms in total. The lowest BCUT2D eigenvalue weighted by Gasteiger charge is -2.19. The molecule has 0 aliphatic rings. The highest BCUT2D eigenvalue weighted by Gasteiger charge is 2.18. The van der Waals surface area contributed by atoms with Crippen LogP contribution in [0, 0.1) is 0 Å². The Bertz CT molecular complexity index is 465. The first-order valence-corrected chi connectivity index (χ1v) is 6.59. The first-order valence-electron chi connectivity index (χ1n) is 4.40. The number of sulfonamides is 1. The van der Waals surface area contributed by atoms with Gasteiger partial charge in [0.25, 0.3) is 0 Å². The minimum Gasteiger partial charge on any atom is -0.372 e. The minimum atomic E-state index is -3.50. The van der Waals surface area contributed by atoms with Gasteiger partial charge in [-0.3, -0.25) is 0 Å². The molecule has 0 bridgehead atoms. The summed E-state index contributed by atoms with van der Waals surface area (Å²) in [5.41, 5.74) is 4.76. The summed E-state index contributed by atoms with van der Waals surface area (Å²) in [5.74, 6) is 0. The van der Waals surface area contributed by atoms with Gasteiger partial charge in [0, 0.05) is 11.8 Å². The Kier molecular flexibility index (Phi) is 3.49. The summed E-state index contributed by atoms with van der Waals surface area (Å²) < 4.78 is 22.9. The van der Waals surface area contributed by atoms with E-state index in [1.807, 2.05) is 0 Å². The smallest absolute Gasteiger partial charge is 0.246 e. The van der Waals surface area contributed by atoms with E-state index in [1.54, 1.807) is 0 Å². The molecule has 1 rings (SSSR count). The van der Waals surface area contributed by atoms with Gasteiger partial charge in [0.15, 0.2) is 0 Å². The molecule has 7 heteroatoms. The summed E-state index contributed by atoms with van der Waals surface area (Å²) in [4.78, 5) is 0. The molecule has 16 heavy (non-hydrogen) atoms. The molecule has 0 heterocycles. The number of rotatable bonds is 3. The van der Waals surface area contributed by atoms with E-state index in [-0.39, 0.29) is 5.69 Å². The summed E-state index contributed by atoms with van der Waals surface area (Å²) in [5, 5.41) is 9.49. The van der Waals surface area contributed by atoms with E-state index in [2.05, 4.69) is 0 Å². The van der Waals surface area contributed by atoms with Crippen LogP contribution < -0.4 is 9.56 Å². The Morgan fingerprint density at radius 2 is 1.81 bits per heavy atom. The number of hydrogen-bond acceptors (Lipinski definition) is 4. The molecule has 1 atom stereocenters. The van der Waals surface area contributed by atoms with Crippen LogP contribution in [-0.2, 0) is 15.7 Å². The van der Waals surface area contributed by atoms with Crippen LogP contribution in [0.2, 0.25) is 0 Å². The van der Waals surface area contributed by atoms with Crippen LogP contribution in [-0.4, -0.2) is 19.8 Å². The molecular weight excluding hydrogens is 252 g/mol. The molecule has 0 aromatic heterocycles. The monoisotopic (exact) mass is 264 g/mol. The number of nitrogens with two attached hydrogens (primary N) is 1. The molecule has 0 spiro atoms. The fraction of sp³-hybridized carbons (Fsp3) is 0.333. The van der Waals surface area contributed by atoms with Crippen LogP contribution in [0.5, 0.6) is 0 Å². The molecule has 0 aliphatic heterocycles. The summed E-state index contributed by atoms with van der Waals surface area (Å²) in [7, 11) is -3.50. The lowest BCUT2D eigenvalue weighted by molar-refractivity contribution is 0.0647. The number of nitrogens with zero attached hydrogens (tertiary/aromatic N) is 1. The van der Waals surface area contributed by atoms with E-state index in [0.717, 1.165) is 6.26 Å². The Morgan fingerprint density at radius 3 is 2.12 bits per heavy atom. The Morgan fingerprint density at radius 1 is 1.38 bits per heavy atom. The number of aliphatic hydroxyl groups is 1. The highest BCUT2D eigenvalue weighted by Crippen LogP contribution is 2.23. The highest BCUT2D eigenvalue weighted by atomic mass is 35.5. The van der Waals surface area contributed by atoms with Crippen LogP contribution in [0.3, 0.4) is 0 Å². The Labute approximate surface area is 99.6 Å². The second-order valence-corrected chi connectivity index (χ2v) is 6.04. The van der Waals surface area contributed by atoms with Crippen molar-refractivity contribution in [3.05, 3.63) is 29.8 Å². The zero-order valence-corrected chi connectivity index (χ0v) is 10.5. The van der Waals surface area contributed by atoms with Gasteiger partial charge in [-0.05, 0) is 24.6 Å². The Hall–Kier alpha value is -0.820. The number of benzene rings is 1. The maximum Gasteiger partial charge on any atom is 0.246 e. The van der Waals surface area contributed by atoms with Crippen molar-refractivity contribution in [1.82, 2.24) is 0 Å².